The smallest absolute Gasteiger partial charge is 0.250 e. The molecule has 0 unspecified atom stereocenters. The average molecular weight is 385 g/mol. The van der Waals surface area contributed by atoms with E-state index < -0.39 is 5.91 Å². The Morgan fingerprint density at radius 1 is 1.40 bits per heavy atom. The molecule has 0 saturated carbocycles. The molecule has 1 heterocycles. The number of primary amides is 1. The summed E-state index contributed by atoms with van der Waals surface area (Å²) in [6, 6.07) is 6.46. The van der Waals surface area contributed by atoms with Crippen molar-refractivity contribution in [2.45, 2.75) is 6.92 Å². The van der Waals surface area contributed by atoms with Crippen molar-refractivity contribution in [3.8, 4) is 0 Å². The lowest BCUT2D eigenvalue weighted by atomic mass is 10.1. The third kappa shape index (κ3) is 2.90. The molecule has 2 N–H and O–H groups in total. The predicted molar refractivity (Wildman–Crippen MR) is 84.6 cm³/mol. The maximum atomic E-state index is 14.1. The Labute approximate surface area is 129 Å². The number of amides is 1. The highest BCUT2D eigenvalue weighted by Gasteiger charge is 2.18. The number of anilines is 2. The molecule has 4 nitrogen and oxygen atoms in total. The van der Waals surface area contributed by atoms with E-state index in [2.05, 4.69) is 4.98 Å². The zero-order chi connectivity index (χ0) is 14.7. The first-order chi connectivity index (χ1) is 9.54. The average Bonchev–Trinajstić information content (AvgIpc) is 2.42. The number of hydrogen-bond donors (Lipinski definition) is 1. The van der Waals surface area contributed by atoms with Crippen molar-refractivity contribution in [2.75, 3.05) is 11.4 Å². The highest BCUT2D eigenvalue weighted by molar-refractivity contribution is 14.1. The highest BCUT2D eigenvalue weighted by atomic mass is 127. The molecule has 104 valence electrons. The molecule has 0 spiro atoms. The Kier molecular flexibility index (Phi) is 4.53. The molecular formula is C14H13FIN3O. The lowest BCUT2D eigenvalue weighted by Crippen LogP contribution is -2.22. The molecule has 0 fully saturated rings. The van der Waals surface area contributed by atoms with Crippen LogP contribution >= 0.6 is 22.6 Å². The Hall–Kier alpha value is -1.70. The second kappa shape index (κ2) is 6.17. The molecule has 2 rings (SSSR count). The third-order valence-electron chi connectivity index (χ3n) is 2.87. The molecule has 1 aromatic heterocycles. The molecule has 0 saturated heterocycles. The quantitative estimate of drug-likeness (QED) is 0.824. The van der Waals surface area contributed by atoms with Crippen LogP contribution in [0, 0.1) is 9.39 Å². The van der Waals surface area contributed by atoms with Gasteiger partial charge in [-0.05, 0) is 53.8 Å². The van der Waals surface area contributed by atoms with Gasteiger partial charge in [0.05, 0.1) is 23.1 Å². The number of benzene rings is 1. The largest absolute Gasteiger partial charge is 0.366 e. The molecule has 2 aromatic rings. The van der Waals surface area contributed by atoms with Crippen LogP contribution in [-0.4, -0.2) is 17.4 Å². The summed E-state index contributed by atoms with van der Waals surface area (Å²) in [5.41, 5.74) is 6.57. The van der Waals surface area contributed by atoms with Crippen molar-refractivity contribution >= 4 is 39.9 Å². The van der Waals surface area contributed by atoms with Crippen LogP contribution in [0.15, 0.2) is 36.7 Å². The fourth-order valence-electron chi connectivity index (χ4n) is 1.98. The zero-order valence-corrected chi connectivity index (χ0v) is 13.0. The van der Waals surface area contributed by atoms with Gasteiger partial charge in [-0.25, -0.2) is 4.39 Å². The van der Waals surface area contributed by atoms with Gasteiger partial charge < -0.3 is 10.6 Å². The first-order valence-electron chi connectivity index (χ1n) is 6.01. The number of hydrogen-bond acceptors (Lipinski definition) is 3. The van der Waals surface area contributed by atoms with Crippen molar-refractivity contribution in [3.63, 3.8) is 0 Å². The summed E-state index contributed by atoms with van der Waals surface area (Å²) in [4.78, 5) is 17.2. The summed E-state index contributed by atoms with van der Waals surface area (Å²) in [5.74, 6) is -0.912. The number of carbonyl (C=O) groups is 1. The van der Waals surface area contributed by atoms with Crippen molar-refractivity contribution in [1.29, 1.82) is 0 Å². The van der Waals surface area contributed by atoms with Gasteiger partial charge in [0, 0.05) is 16.3 Å². The monoisotopic (exact) mass is 385 g/mol. The van der Waals surface area contributed by atoms with Gasteiger partial charge >= 0.3 is 0 Å². The lowest BCUT2D eigenvalue weighted by Gasteiger charge is -2.25. The summed E-state index contributed by atoms with van der Waals surface area (Å²) in [5, 5.41) is 0. The summed E-state index contributed by atoms with van der Waals surface area (Å²) in [7, 11) is 0. The number of rotatable bonds is 4. The molecule has 6 heteroatoms. The Morgan fingerprint density at radius 2 is 2.15 bits per heavy atom. The van der Waals surface area contributed by atoms with Crippen LogP contribution in [0.4, 0.5) is 15.8 Å². The maximum absolute atomic E-state index is 14.1. The molecule has 0 aliphatic heterocycles. The van der Waals surface area contributed by atoms with Gasteiger partial charge in [0.1, 0.15) is 5.82 Å². The Balaban J connectivity index is 2.55. The number of nitrogens with zero attached hydrogens (tertiary/aromatic N) is 2. The van der Waals surface area contributed by atoms with Gasteiger partial charge in [-0.2, -0.15) is 0 Å². The molecule has 0 aliphatic rings. The van der Waals surface area contributed by atoms with Crippen molar-refractivity contribution in [1.82, 2.24) is 4.98 Å². The van der Waals surface area contributed by atoms with E-state index in [1.54, 1.807) is 11.0 Å². The standard InChI is InChI=1S/C14H13FIN3O/c1-2-19(12-4-3-9(16)7-11(12)15)13-8-18-6-5-10(13)14(17)20/h3-8H,2H2,1H3,(H2,17,20). The second-order valence-electron chi connectivity index (χ2n) is 4.10. The van der Waals surface area contributed by atoms with Crippen LogP contribution in [0.5, 0.6) is 0 Å². The molecule has 20 heavy (non-hydrogen) atoms. The second-order valence-corrected chi connectivity index (χ2v) is 5.34. The maximum Gasteiger partial charge on any atom is 0.250 e. The van der Waals surface area contributed by atoms with Gasteiger partial charge in [-0.3, -0.25) is 9.78 Å². The van der Waals surface area contributed by atoms with Crippen molar-refractivity contribution in [2.24, 2.45) is 5.73 Å². The van der Waals surface area contributed by atoms with Crippen LogP contribution < -0.4 is 10.6 Å². The van der Waals surface area contributed by atoms with Crippen LogP contribution in [0.2, 0.25) is 0 Å². The normalized spacial score (nSPS) is 10.3. The summed E-state index contributed by atoms with van der Waals surface area (Å²) in [6.45, 7) is 2.36. The van der Waals surface area contributed by atoms with E-state index >= 15 is 0 Å². The fourth-order valence-corrected chi connectivity index (χ4v) is 2.43. The van der Waals surface area contributed by atoms with E-state index in [0.29, 0.717) is 23.5 Å². The Bertz CT molecular complexity index is 648. The van der Waals surface area contributed by atoms with E-state index in [1.165, 1.54) is 24.5 Å². The van der Waals surface area contributed by atoms with Gasteiger partial charge in [0.25, 0.3) is 5.91 Å². The first-order valence-corrected chi connectivity index (χ1v) is 7.09. The van der Waals surface area contributed by atoms with E-state index in [4.69, 9.17) is 5.73 Å². The SMILES string of the molecule is CCN(c1ccc(I)cc1F)c1cnccc1C(N)=O. The lowest BCUT2D eigenvalue weighted by molar-refractivity contribution is 0.100. The van der Waals surface area contributed by atoms with E-state index in [1.807, 2.05) is 35.6 Å². The van der Waals surface area contributed by atoms with Gasteiger partial charge in [0.15, 0.2) is 0 Å². The van der Waals surface area contributed by atoms with Gasteiger partial charge in [-0.15, -0.1) is 0 Å². The molecule has 0 radical (unpaired) electrons. The van der Waals surface area contributed by atoms with E-state index in [0.717, 1.165) is 3.57 Å². The van der Waals surface area contributed by atoms with Crippen molar-refractivity contribution in [3.05, 3.63) is 51.6 Å². The minimum Gasteiger partial charge on any atom is -0.366 e. The summed E-state index contributed by atoms with van der Waals surface area (Å²) in [6.07, 6.45) is 3.00. The van der Waals surface area contributed by atoms with E-state index in [9.17, 15) is 9.18 Å². The molecule has 1 amide bonds. The van der Waals surface area contributed by atoms with Crippen molar-refractivity contribution < 1.29 is 9.18 Å². The van der Waals surface area contributed by atoms with Crippen LogP contribution in [0.3, 0.4) is 0 Å². The first kappa shape index (κ1) is 14.7. The minimum absolute atomic E-state index is 0.319. The minimum atomic E-state index is -0.563. The number of carbonyl (C=O) groups excluding carboxylic acids is 1. The predicted octanol–water partition coefficient (Wildman–Crippen LogP) is 3.08. The van der Waals surface area contributed by atoms with Crippen LogP contribution in [0.25, 0.3) is 0 Å². The van der Waals surface area contributed by atoms with Crippen LogP contribution in [0.1, 0.15) is 17.3 Å². The molecule has 0 bridgehead atoms. The molecule has 1 aromatic carbocycles. The Morgan fingerprint density at radius 3 is 2.75 bits per heavy atom. The zero-order valence-electron chi connectivity index (χ0n) is 10.8. The van der Waals surface area contributed by atoms with Gasteiger partial charge in [0.2, 0.25) is 0 Å². The molecular weight excluding hydrogens is 372 g/mol. The number of halogens is 2. The number of nitrogens with two attached hydrogens (primary N) is 1. The highest BCUT2D eigenvalue weighted by Crippen LogP contribution is 2.30. The fraction of sp³-hybridized carbons (Fsp3) is 0.143. The van der Waals surface area contributed by atoms with E-state index in [-0.39, 0.29) is 5.82 Å². The number of aromatic nitrogens is 1. The van der Waals surface area contributed by atoms with Gasteiger partial charge in [-0.1, -0.05) is 0 Å². The van der Waals surface area contributed by atoms with Crippen LogP contribution in [-0.2, 0) is 0 Å². The topological polar surface area (TPSA) is 59.2 Å². The molecule has 0 aliphatic carbocycles. The molecule has 0 atom stereocenters. The summed E-state index contributed by atoms with van der Waals surface area (Å²) < 4.78 is 14.9. The number of pyridine rings is 1. The summed E-state index contributed by atoms with van der Waals surface area (Å²) >= 11 is 2.04. The third-order valence-corrected chi connectivity index (χ3v) is 3.54.